The van der Waals surface area contributed by atoms with Crippen LogP contribution < -0.4 is 10.6 Å². The van der Waals surface area contributed by atoms with Gasteiger partial charge >= 0.3 is 12.2 Å². The number of benzene rings is 2. The minimum atomic E-state index is -4.72. The van der Waals surface area contributed by atoms with Crippen LogP contribution in [0.3, 0.4) is 0 Å². The molecule has 2 aromatic carbocycles. The number of amides is 2. The van der Waals surface area contributed by atoms with Gasteiger partial charge in [-0.2, -0.15) is 18.3 Å². The van der Waals surface area contributed by atoms with Gasteiger partial charge in [-0.15, -0.1) is 0 Å². The number of nitrogens with one attached hydrogen (secondary N) is 2. The number of carbonyl (C=O) groups excluding carboxylic acids is 1. The van der Waals surface area contributed by atoms with E-state index in [2.05, 4.69) is 15.7 Å². The number of hydrogen-bond acceptors (Lipinski definition) is 2. The third kappa shape index (κ3) is 4.22. The number of nitrogens with zero attached hydrogens (tertiary/aromatic N) is 2. The van der Waals surface area contributed by atoms with Gasteiger partial charge in [-0.05, 0) is 24.3 Å². The predicted molar refractivity (Wildman–Crippen MR) is 87.6 cm³/mol. The molecule has 0 saturated carbocycles. The molecule has 0 atom stereocenters. The minimum Gasteiger partial charge on any atom is -0.308 e. The van der Waals surface area contributed by atoms with Crippen LogP contribution in [0.1, 0.15) is 5.69 Å². The van der Waals surface area contributed by atoms with Crippen molar-refractivity contribution in [3.05, 3.63) is 71.9 Å². The lowest BCUT2D eigenvalue weighted by molar-refractivity contribution is -0.141. The van der Waals surface area contributed by atoms with Gasteiger partial charge in [0.2, 0.25) is 0 Å². The van der Waals surface area contributed by atoms with Gasteiger partial charge in [0.1, 0.15) is 5.82 Å². The first kappa shape index (κ1) is 18.4. The number of halogens is 5. The van der Waals surface area contributed by atoms with Crippen LogP contribution in [0.25, 0.3) is 5.69 Å². The Morgan fingerprint density at radius 1 is 0.926 bits per heavy atom. The fourth-order valence-corrected chi connectivity index (χ4v) is 2.23. The van der Waals surface area contributed by atoms with E-state index in [1.54, 1.807) is 18.2 Å². The lowest BCUT2D eigenvalue weighted by Crippen LogP contribution is -2.21. The maximum Gasteiger partial charge on any atom is 0.435 e. The molecular weight excluding hydrogens is 371 g/mol. The van der Waals surface area contributed by atoms with E-state index < -0.39 is 29.5 Å². The quantitative estimate of drug-likeness (QED) is 0.639. The highest BCUT2D eigenvalue weighted by atomic mass is 19.4. The molecular formula is C17H11F5N4O. The van der Waals surface area contributed by atoms with E-state index in [0.717, 1.165) is 22.9 Å². The number of aromatic nitrogens is 2. The molecule has 0 unspecified atom stereocenters. The van der Waals surface area contributed by atoms with E-state index in [4.69, 9.17) is 0 Å². The summed E-state index contributed by atoms with van der Waals surface area (Å²) in [7, 11) is 0. The third-order valence-corrected chi connectivity index (χ3v) is 3.42. The van der Waals surface area contributed by atoms with E-state index in [0.29, 0.717) is 6.07 Å². The van der Waals surface area contributed by atoms with E-state index in [1.807, 2.05) is 0 Å². The van der Waals surface area contributed by atoms with Crippen molar-refractivity contribution in [2.75, 3.05) is 10.6 Å². The Bertz CT molecular complexity index is 969. The molecule has 2 amide bonds. The maximum absolute atomic E-state index is 13.2. The molecule has 0 aliphatic carbocycles. The van der Waals surface area contributed by atoms with Crippen molar-refractivity contribution in [2.24, 2.45) is 0 Å². The summed E-state index contributed by atoms with van der Waals surface area (Å²) in [6.45, 7) is 0. The van der Waals surface area contributed by atoms with Gasteiger partial charge in [-0.25, -0.2) is 18.3 Å². The van der Waals surface area contributed by atoms with Gasteiger partial charge in [0.15, 0.2) is 17.3 Å². The van der Waals surface area contributed by atoms with Crippen LogP contribution in [-0.4, -0.2) is 15.8 Å². The standard InChI is InChI=1S/C17H11F5N4O/c18-12-7-6-10(8-13(12)19)23-16(27)24-15-9-14(17(20,21)22)25-26(15)11-4-2-1-3-5-11/h1-9H,(H2,23,24,27). The number of hydrogen-bond donors (Lipinski definition) is 2. The first-order valence-electron chi connectivity index (χ1n) is 7.50. The molecule has 0 aliphatic rings. The third-order valence-electron chi connectivity index (χ3n) is 3.42. The topological polar surface area (TPSA) is 59.0 Å². The molecule has 2 N–H and O–H groups in total. The zero-order valence-electron chi connectivity index (χ0n) is 13.4. The minimum absolute atomic E-state index is 0.0757. The van der Waals surface area contributed by atoms with Gasteiger partial charge in [-0.3, -0.25) is 5.32 Å². The Balaban J connectivity index is 1.87. The van der Waals surface area contributed by atoms with Crippen molar-refractivity contribution < 1.29 is 26.7 Å². The molecule has 0 fully saturated rings. The second-order valence-electron chi connectivity index (χ2n) is 5.37. The summed E-state index contributed by atoms with van der Waals surface area (Å²) >= 11 is 0. The van der Waals surface area contributed by atoms with E-state index >= 15 is 0 Å². The van der Waals surface area contributed by atoms with Crippen molar-refractivity contribution in [3.63, 3.8) is 0 Å². The monoisotopic (exact) mass is 382 g/mol. The van der Waals surface area contributed by atoms with Crippen LogP contribution in [0.15, 0.2) is 54.6 Å². The molecule has 27 heavy (non-hydrogen) atoms. The summed E-state index contributed by atoms with van der Waals surface area (Å²) in [5.74, 6) is -2.53. The van der Waals surface area contributed by atoms with E-state index in [-0.39, 0.29) is 17.2 Å². The highest BCUT2D eigenvalue weighted by Crippen LogP contribution is 2.31. The van der Waals surface area contributed by atoms with Gasteiger partial charge in [0, 0.05) is 17.8 Å². The van der Waals surface area contributed by atoms with Crippen LogP contribution >= 0.6 is 0 Å². The lowest BCUT2D eigenvalue weighted by Gasteiger charge is -2.10. The molecule has 0 bridgehead atoms. The van der Waals surface area contributed by atoms with Crippen LogP contribution in [0, 0.1) is 11.6 Å². The van der Waals surface area contributed by atoms with Gasteiger partial charge < -0.3 is 5.32 Å². The molecule has 1 heterocycles. The molecule has 3 rings (SSSR count). The first-order chi connectivity index (χ1) is 12.7. The molecule has 0 spiro atoms. The first-order valence-corrected chi connectivity index (χ1v) is 7.50. The molecule has 0 saturated heterocycles. The molecule has 0 radical (unpaired) electrons. The SMILES string of the molecule is O=C(Nc1ccc(F)c(F)c1)Nc1cc(C(F)(F)F)nn1-c1ccccc1. The Kier molecular flexibility index (Phi) is 4.80. The fraction of sp³-hybridized carbons (Fsp3) is 0.0588. The molecule has 10 heteroatoms. The summed E-state index contributed by atoms with van der Waals surface area (Å²) in [5.41, 5.74) is -0.987. The number of rotatable bonds is 3. The highest BCUT2D eigenvalue weighted by molar-refractivity contribution is 5.99. The van der Waals surface area contributed by atoms with Crippen LogP contribution in [0.4, 0.5) is 38.3 Å². The van der Waals surface area contributed by atoms with Crippen LogP contribution in [0.2, 0.25) is 0 Å². The molecule has 5 nitrogen and oxygen atoms in total. The molecule has 3 aromatic rings. The van der Waals surface area contributed by atoms with Crippen molar-refractivity contribution >= 4 is 17.5 Å². The molecule has 1 aromatic heterocycles. The Hall–Kier alpha value is -3.43. The van der Waals surface area contributed by atoms with E-state index in [9.17, 15) is 26.7 Å². The fourth-order valence-electron chi connectivity index (χ4n) is 2.23. The number of urea groups is 1. The number of alkyl halides is 3. The highest BCUT2D eigenvalue weighted by Gasteiger charge is 2.35. The van der Waals surface area contributed by atoms with Crippen molar-refractivity contribution in [3.8, 4) is 5.69 Å². The maximum atomic E-state index is 13.2. The second kappa shape index (κ2) is 7.06. The summed E-state index contributed by atoms with van der Waals surface area (Å²) in [6.07, 6.45) is -4.72. The zero-order valence-corrected chi connectivity index (χ0v) is 13.4. The normalized spacial score (nSPS) is 11.3. The number of para-hydroxylation sites is 1. The average molecular weight is 382 g/mol. The van der Waals surface area contributed by atoms with Gasteiger partial charge in [-0.1, -0.05) is 18.2 Å². The number of carbonyl (C=O) groups is 1. The van der Waals surface area contributed by atoms with Gasteiger partial charge in [0.25, 0.3) is 0 Å². The predicted octanol–water partition coefficient (Wildman–Crippen LogP) is 4.81. The number of anilines is 2. The summed E-state index contributed by atoms with van der Waals surface area (Å²) in [5, 5.41) is 7.90. The summed E-state index contributed by atoms with van der Waals surface area (Å²) in [4.78, 5) is 12.1. The van der Waals surface area contributed by atoms with E-state index in [1.165, 1.54) is 12.1 Å². The Labute approximate surface area is 149 Å². The summed E-state index contributed by atoms with van der Waals surface area (Å²) in [6, 6.07) is 10.2. The molecule has 0 aliphatic heterocycles. The van der Waals surface area contributed by atoms with Crippen molar-refractivity contribution in [1.82, 2.24) is 9.78 Å². The summed E-state index contributed by atoms with van der Waals surface area (Å²) < 4.78 is 66.0. The Morgan fingerprint density at radius 3 is 2.26 bits per heavy atom. The van der Waals surface area contributed by atoms with Gasteiger partial charge in [0.05, 0.1) is 5.69 Å². The van der Waals surface area contributed by atoms with Crippen LogP contribution in [-0.2, 0) is 6.18 Å². The largest absolute Gasteiger partial charge is 0.435 e. The second-order valence-corrected chi connectivity index (χ2v) is 5.37. The van der Waals surface area contributed by atoms with Crippen LogP contribution in [0.5, 0.6) is 0 Å². The Morgan fingerprint density at radius 2 is 1.63 bits per heavy atom. The molecule has 140 valence electrons. The average Bonchev–Trinajstić information content (AvgIpc) is 3.03. The zero-order chi connectivity index (χ0) is 19.6. The van der Waals surface area contributed by atoms with Crippen molar-refractivity contribution in [2.45, 2.75) is 6.18 Å². The smallest absolute Gasteiger partial charge is 0.308 e. The van der Waals surface area contributed by atoms with Crippen molar-refractivity contribution in [1.29, 1.82) is 0 Å². The lowest BCUT2D eigenvalue weighted by atomic mass is 10.3.